The molecule has 5 aromatic rings. The predicted molar refractivity (Wildman–Crippen MR) is 154 cm³/mol. The standard InChI is InChI=1S/C32H35N5O2.2ClH/c1-2-36-27-16-17-29(33-31(27)37-19-9-15-28(37)32(36)38)39-24-10-18-34-20-22-35(23-21-34)30(25-11-5-3-6-12-25)26-13-7-4-8-14-26;;/h3-9,11-17,19,30H,2,10,18,20-24H2,1H3;2*1H. The van der Waals surface area contributed by atoms with Gasteiger partial charge in [0.1, 0.15) is 37.7 Å². The minimum absolute atomic E-state index is 0. The second kappa shape index (κ2) is 14.0. The number of hydrogen-bond acceptors (Lipinski definition) is 3. The highest BCUT2D eigenvalue weighted by Gasteiger charge is 2.31. The summed E-state index contributed by atoms with van der Waals surface area (Å²) in [4.78, 5) is 20.8. The molecule has 0 unspecified atom stereocenters. The average molecular weight is 595 g/mol. The van der Waals surface area contributed by atoms with Crippen molar-refractivity contribution in [1.82, 2.24) is 14.0 Å². The Balaban J connectivity index is 0.00000194. The zero-order chi connectivity index (χ0) is 26.6. The van der Waals surface area contributed by atoms with E-state index in [1.165, 1.54) is 24.2 Å². The summed E-state index contributed by atoms with van der Waals surface area (Å²) in [5.74, 6) is 0.608. The zero-order valence-corrected chi connectivity index (χ0v) is 24.8. The van der Waals surface area contributed by atoms with Gasteiger partial charge in [0.05, 0.1) is 18.7 Å². The van der Waals surface area contributed by atoms with Crippen LogP contribution < -0.4 is 44.9 Å². The van der Waals surface area contributed by atoms with Crippen molar-refractivity contribution in [2.75, 3.05) is 39.3 Å². The third-order valence-corrected chi connectivity index (χ3v) is 8.08. The maximum Gasteiger partial charge on any atom is 0.275 e. The molecule has 1 aliphatic heterocycles. The fourth-order valence-corrected chi connectivity index (χ4v) is 6.11. The molecule has 1 fully saturated rings. The lowest BCUT2D eigenvalue weighted by Crippen LogP contribution is -3.28. The van der Waals surface area contributed by atoms with Crippen LogP contribution in [0, 0.1) is 0 Å². The van der Waals surface area contributed by atoms with Gasteiger partial charge in [0, 0.05) is 36.4 Å². The first-order valence-electron chi connectivity index (χ1n) is 14.1. The minimum Gasteiger partial charge on any atom is -1.00 e. The Morgan fingerprint density at radius 3 is 2.12 bits per heavy atom. The number of pyridine rings is 1. The molecule has 0 spiro atoms. The van der Waals surface area contributed by atoms with Crippen LogP contribution in [0.4, 0.5) is 0 Å². The fraction of sp³-hybridized carbons (Fsp3) is 0.312. The topological polar surface area (TPSA) is 57.4 Å². The van der Waals surface area contributed by atoms with Crippen LogP contribution in [0.3, 0.4) is 0 Å². The number of ether oxygens (including phenoxy) is 1. The minimum atomic E-state index is 0. The quantitative estimate of drug-likeness (QED) is 0.171. The zero-order valence-electron chi connectivity index (χ0n) is 23.3. The Labute approximate surface area is 253 Å². The molecule has 2 aromatic carbocycles. The smallest absolute Gasteiger partial charge is 0.275 e. The first-order valence-corrected chi connectivity index (χ1v) is 14.1. The Bertz CT molecular complexity index is 1560. The van der Waals surface area contributed by atoms with Crippen LogP contribution in [-0.4, -0.2) is 53.3 Å². The van der Waals surface area contributed by atoms with Crippen molar-refractivity contribution in [1.29, 1.82) is 0 Å². The number of rotatable bonds is 9. The molecule has 0 atom stereocenters. The Morgan fingerprint density at radius 2 is 1.49 bits per heavy atom. The first-order chi connectivity index (χ1) is 19.2. The maximum atomic E-state index is 12.8. The second-order valence-corrected chi connectivity index (χ2v) is 10.4. The largest absolute Gasteiger partial charge is 1.00 e. The lowest BCUT2D eigenvalue weighted by Gasteiger charge is -2.35. The van der Waals surface area contributed by atoms with E-state index in [9.17, 15) is 4.79 Å². The van der Waals surface area contributed by atoms with Crippen molar-refractivity contribution >= 4 is 16.7 Å². The van der Waals surface area contributed by atoms with E-state index >= 15 is 0 Å². The fourth-order valence-electron chi connectivity index (χ4n) is 6.11. The number of aryl methyl sites for hydroxylation is 1. The maximum absolute atomic E-state index is 12.8. The summed E-state index contributed by atoms with van der Waals surface area (Å²) in [6, 6.07) is 29.8. The molecule has 0 saturated carbocycles. The molecule has 0 amide bonds. The molecule has 2 N–H and O–H groups in total. The number of hydrogen-bond donors (Lipinski definition) is 2. The van der Waals surface area contributed by atoms with Gasteiger partial charge in [-0.05, 0) is 25.1 Å². The van der Waals surface area contributed by atoms with Crippen molar-refractivity contribution in [2.45, 2.75) is 25.9 Å². The van der Waals surface area contributed by atoms with Crippen LogP contribution in [0.2, 0.25) is 0 Å². The molecule has 216 valence electrons. The number of nitrogens with one attached hydrogen (secondary N) is 2. The predicted octanol–water partition coefficient (Wildman–Crippen LogP) is -3.98. The van der Waals surface area contributed by atoms with Gasteiger partial charge in [-0.3, -0.25) is 9.20 Å². The highest BCUT2D eigenvalue weighted by atomic mass is 35.5. The molecular formula is C32H37Cl2N5O2. The molecule has 4 heterocycles. The molecule has 3 aromatic heterocycles. The number of quaternary nitrogens is 2. The van der Waals surface area contributed by atoms with Gasteiger partial charge in [-0.1, -0.05) is 60.7 Å². The van der Waals surface area contributed by atoms with E-state index in [4.69, 9.17) is 9.72 Å². The summed E-state index contributed by atoms with van der Waals surface area (Å²) in [6.45, 7) is 8.97. The van der Waals surface area contributed by atoms with Crippen LogP contribution in [0.1, 0.15) is 30.5 Å². The van der Waals surface area contributed by atoms with Crippen molar-refractivity contribution in [3.05, 3.63) is 113 Å². The van der Waals surface area contributed by atoms with Crippen LogP contribution in [0.5, 0.6) is 5.88 Å². The summed E-state index contributed by atoms with van der Waals surface area (Å²) in [7, 11) is 0. The van der Waals surface area contributed by atoms with Gasteiger partial charge in [0.2, 0.25) is 5.88 Å². The number of piperazine rings is 1. The van der Waals surface area contributed by atoms with Crippen molar-refractivity contribution in [3.8, 4) is 5.88 Å². The van der Waals surface area contributed by atoms with E-state index < -0.39 is 0 Å². The molecule has 9 heteroatoms. The normalized spacial score (nSPS) is 16.8. The molecule has 6 rings (SSSR count). The lowest BCUT2D eigenvalue weighted by atomic mass is 9.96. The van der Waals surface area contributed by atoms with Gasteiger partial charge in [0.15, 0.2) is 5.65 Å². The van der Waals surface area contributed by atoms with Crippen LogP contribution >= 0.6 is 0 Å². The Morgan fingerprint density at radius 1 is 0.829 bits per heavy atom. The average Bonchev–Trinajstić information content (AvgIpc) is 3.49. The highest BCUT2D eigenvalue weighted by molar-refractivity contribution is 5.75. The number of nitrogens with zero attached hydrogens (tertiary/aromatic N) is 3. The SMILES string of the molecule is CCn1c(=O)c2cccn2c2nc(OCCC[NH+]3CC[NH+](C(c4ccccc4)c4ccccc4)CC3)ccc21.[Cl-].[Cl-]. The third-order valence-electron chi connectivity index (χ3n) is 8.08. The van der Waals surface area contributed by atoms with Crippen molar-refractivity contribution < 1.29 is 39.4 Å². The number of benzene rings is 2. The molecular weight excluding hydrogens is 557 g/mol. The van der Waals surface area contributed by atoms with Gasteiger partial charge < -0.3 is 43.9 Å². The van der Waals surface area contributed by atoms with E-state index in [0.29, 0.717) is 30.6 Å². The van der Waals surface area contributed by atoms with Crippen molar-refractivity contribution in [2.24, 2.45) is 0 Å². The number of fused-ring (bicyclic) bond motifs is 3. The summed E-state index contributed by atoms with van der Waals surface area (Å²) >= 11 is 0. The molecule has 0 radical (unpaired) electrons. The second-order valence-electron chi connectivity index (χ2n) is 10.4. The first kappa shape index (κ1) is 30.6. The highest BCUT2D eigenvalue weighted by Crippen LogP contribution is 2.19. The summed E-state index contributed by atoms with van der Waals surface area (Å²) in [5, 5.41) is 0. The van der Waals surface area contributed by atoms with Gasteiger partial charge in [0.25, 0.3) is 5.56 Å². The molecule has 0 aliphatic carbocycles. The molecule has 1 saturated heterocycles. The van der Waals surface area contributed by atoms with E-state index in [-0.39, 0.29) is 30.4 Å². The molecule has 7 nitrogen and oxygen atoms in total. The van der Waals surface area contributed by atoms with E-state index in [1.54, 1.807) is 14.4 Å². The number of halogens is 2. The van der Waals surface area contributed by atoms with Gasteiger partial charge in [-0.25, -0.2) is 0 Å². The number of aromatic nitrogens is 3. The summed E-state index contributed by atoms with van der Waals surface area (Å²) in [5.41, 5.74) is 5.02. The third kappa shape index (κ3) is 6.44. The van der Waals surface area contributed by atoms with Crippen LogP contribution in [-0.2, 0) is 6.54 Å². The summed E-state index contributed by atoms with van der Waals surface area (Å²) in [6.07, 6.45) is 2.87. The van der Waals surface area contributed by atoms with Gasteiger partial charge >= 0.3 is 0 Å². The Kier molecular flexibility index (Phi) is 10.5. The Hall–Kier alpha value is -3.36. The van der Waals surface area contributed by atoms with Gasteiger partial charge in [-0.2, -0.15) is 4.98 Å². The van der Waals surface area contributed by atoms with E-state index in [2.05, 4.69) is 60.7 Å². The van der Waals surface area contributed by atoms with Crippen LogP contribution in [0.15, 0.2) is 95.9 Å². The molecule has 1 aliphatic rings. The molecule has 0 bridgehead atoms. The lowest BCUT2D eigenvalue weighted by molar-refractivity contribution is -1.02. The van der Waals surface area contributed by atoms with Crippen molar-refractivity contribution in [3.63, 3.8) is 0 Å². The van der Waals surface area contributed by atoms with Gasteiger partial charge in [-0.15, -0.1) is 0 Å². The molecule has 41 heavy (non-hydrogen) atoms. The van der Waals surface area contributed by atoms with E-state index in [1.807, 2.05) is 41.8 Å². The summed E-state index contributed by atoms with van der Waals surface area (Å²) < 4.78 is 9.71. The van der Waals surface area contributed by atoms with Crippen LogP contribution in [0.25, 0.3) is 16.7 Å². The monoisotopic (exact) mass is 593 g/mol. The van der Waals surface area contributed by atoms with E-state index in [0.717, 1.165) is 37.2 Å².